The molecule has 0 aliphatic heterocycles. The second-order valence-corrected chi connectivity index (χ2v) is 4.30. The van der Waals surface area contributed by atoms with Crippen molar-refractivity contribution in [3.8, 4) is 0 Å². The minimum absolute atomic E-state index is 0.440. The van der Waals surface area contributed by atoms with Gasteiger partial charge in [0, 0.05) is 26.0 Å². The minimum atomic E-state index is 0.440. The molecule has 5 heteroatoms. The number of rotatable bonds is 3. The van der Waals surface area contributed by atoms with E-state index in [-0.39, 0.29) is 0 Å². The predicted octanol–water partition coefficient (Wildman–Crippen LogP) is 2.83. The van der Waals surface area contributed by atoms with Crippen LogP contribution in [0.15, 0.2) is 29.2 Å². The highest BCUT2D eigenvalue weighted by Crippen LogP contribution is 2.20. The second-order valence-electron chi connectivity index (χ2n) is 3.16. The average Bonchev–Trinajstić information content (AvgIpc) is 2.71. The molecule has 3 nitrogen and oxygen atoms in total. The molecule has 2 aromatic heterocycles. The summed E-state index contributed by atoms with van der Waals surface area (Å²) < 4.78 is 0. The van der Waals surface area contributed by atoms with Gasteiger partial charge >= 0.3 is 0 Å². The molecule has 2 rings (SSSR count). The summed E-state index contributed by atoms with van der Waals surface area (Å²) in [6.07, 6.45) is 3.23. The minimum Gasteiger partial charge on any atom is -0.353 e. The Labute approximate surface area is 97.4 Å². The van der Waals surface area contributed by atoms with Crippen molar-refractivity contribution in [2.75, 3.05) is 11.9 Å². The van der Waals surface area contributed by atoms with E-state index in [4.69, 9.17) is 11.6 Å². The van der Waals surface area contributed by atoms with Gasteiger partial charge in [0.2, 0.25) is 0 Å². The Balaban J connectivity index is 2.15. The van der Waals surface area contributed by atoms with Crippen LogP contribution in [0.4, 0.5) is 5.82 Å². The van der Waals surface area contributed by atoms with Crippen LogP contribution in [0.1, 0.15) is 5.56 Å². The maximum absolute atomic E-state index is 5.95. The Bertz CT molecular complexity index is 430. The molecule has 0 saturated heterocycles. The van der Waals surface area contributed by atoms with E-state index >= 15 is 0 Å². The zero-order valence-electron chi connectivity index (χ0n) is 8.22. The molecule has 0 aromatic carbocycles. The van der Waals surface area contributed by atoms with Crippen LogP contribution in [-0.2, 0) is 6.54 Å². The van der Waals surface area contributed by atoms with Gasteiger partial charge in [-0.1, -0.05) is 11.6 Å². The van der Waals surface area contributed by atoms with E-state index in [0.29, 0.717) is 11.0 Å². The lowest BCUT2D eigenvalue weighted by atomic mass is 10.3. The van der Waals surface area contributed by atoms with Gasteiger partial charge in [-0.3, -0.25) is 0 Å². The third kappa shape index (κ3) is 2.46. The molecule has 2 heterocycles. The quantitative estimate of drug-likeness (QED) is 0.825. The van der Waals surface area contributed by atoms with Crippen LogP contribution in [-0.4, -0.2) is 17.0 Å². The molecule has 0 aliphatic rings. The zero-order chi connectivity index (χ0) is 10.7. The van der Waals surface area contributed by atoms with E-state index in [2.05, 4.69) is 26.8 Å². The molecule has 0 atom stereocenters. The number of anilines is 1. The van der Waals surface area contributed by atoms with Crippen LogP contribution in [0.2, 0.25) is 5.15 Å². The maximum Gasteiger partial charge on any atom is 0.171 e. The largest absolute Gasteiger partial charge is 0.353 e. The summed E-state index contributed by atoms with van der Waals surface area (Å²) in [5.41, 5.74) is 1.25. The highest BCUT2D eigenvalue weighted by Gasteiger charge is 2.08. The average molecular weight is 240 g/mol. The first-order valence-electron chi connectivity index (χ1n) is 4.46. The van der Waals surface area contributed by atoms with Gasteiger partial charge in [-0.2, -0.15) is 11.3 Å². The van der Waals surface area contributed by atoms with Crippen molar-refractivity contribution in [1.29, 1.82) is 0 Å². The zero-order valence-corrected chi connectivity index (χ0v) is 9.79. The van der Waals surface area contributed by atoms with Crippen LogP contribution in [0, 0.1) is 0 Å². The van der Waals surface area contributed by atoms with Crippen molar-refractivity contribution in [3.63, 3.8) is 0 Å². The molecule has 0 saturated carbocycles. The standard InChI is InChI=1S/C10H10ClN3S/c1-14(6-8-2-5-15-7-8)10-9(11)12-3-4-13-10/h2-5,7H,6H2,1H3. The Morgan fingerprint density at radius 2 is 2.20 bits per heavy atom. The Kier molecular flexibility index (Phi) is 3.18. The molecule has 78 valence electrons. The Hall–Kier alpha value is -1.13. The van der Waals surface area contributed by atoms with E-state index in [9.17, 15) is 0 Å². The Morgan fingerprint density at radius 3 is 2.87 bits per heavy atom. The van der Waals surface area contributed by atoms with Gasteiger partial charge in [-0.25, -0.2) is 9.97 Å². The molecule has 0 radical (unpaired) electrons. The molecule has 0 bridgehead atoms. The van der Waals surface area contributed by atoms with E-state index in [0.717, 1.165) is 6.54 Å². The lowest BCUT2D eigenvalue weighted by molar-refractivity contribution is 0.894. The lowest BCUT2D eigenvalue weighted by Crippen LogP contribution is -2.17. The fraction of sp³-hybridized carbons (Fsp3) is 0.200. The first kappa shape index (κ1) is 10.4. The third-order valence-electron chi connectivity index (χ3n) is 2.00. The van der Waals surface area contributed by atoms with Crippen molar-refractivity contribution >= 4 is 28.8 Å². The van der Waals surface area contributed by atoms with Crippen molar-refractivity contribution < 1.29 is 0 Å². The fourth-order valence-corrected chi connectivity index (χ4v) is 2.21. The van der Waals surface area contributed by atoms with Gasteiger partial charge in [0.15, 0.2) is 11.0 Å². The smallest absolute Gasteiger partial charge is 0.171 e. The van der Waals surface area contributed by atoms with E-state index in [1.54, 1.807) is 23.7 Å². The molecule has 2 aromatic rings. The van der Waals surface area contributed by atoms with Gasteiger partial charge in [-0.05, 0) is 22.4 Å². The van der Waals surface area contributed by atoms with Gasteiger partial charge in [0.25, 0.3) is 0 Å². The van der Waals surface area contributed by atoms with Crippen molar-refractivity contribution in [2.24, 2.45) is 0 Å². The second kappa shape index (κ2) is 4.59. The van der Waals surface area contributed by atoms with Gasteiger partial charge in [-0.15, -0.1) is 0 Å². The summed E-state index contributed by atoms with van der Waals surface area (Å²) in [6, 6.07) is 2.09. The Morgan fingerprint density at radius 1 is 1.40 bits per heavy atom. The topological polar surface area (TPSA) is 29.0 Å². The summed E-state index contributed by atoms with van der Waals surface area (Å²) in [6.45, 7) is 0.794. The summed E-state index contributed by atoms with van der Waals surface area (Å²) >= 11 is 7.63. The molecule has 0 aliphatic carbocycles. The first-order chi connectivity index (χ1) is 7.27. The molecule has 0 fully saturated rings. The van der Waals surface area contributed by atoms with E-state index < -0.39 is 0 Å². The van der Waals surface area contributed by atoms with Gasteiger partial charge in [0.1, 0.15) is 0 Å². The number of aromatic nitrogens is 2. The molecule has 0 unspecified atom stereocenters. The normalized spacial score (nSPS) is 10.3. The summed E-state index contributed by atoms with van der Waals surface area (Å²) in [5.74, 6) is 0.713. The number of hydrogen-bond acceptors (Lipinski definition) is 4. The van der Waals surface area contributed by atoms with Crippen molar-refractivity contribution in [3.05, 3.63) is 39.9 Å². The maximum atomic E-state index is 5.95. The molecule has 0 amide bonds. The number of hydrogen-bond donors (Lipinski definition) is 0. The number of thiophene rings is 1. The number of nitrogens with zero attached hydrogens (tertiary/aromatic N) is 3. The lowest BCUT2D eigenvalue weighted by Gasteiger charge is -2.17. The van der Waals surface area contributed by atoms with E-state index in [1.165, 1.54) is 5.56 Å². The van der Waals surface area contributed by atoms with Crippen LogP contribution < -0.4 is 4.90 Å². The third-order valence-corrected chi connectivity index (χ3v) is 3.00. The van der Waals surface area contributed by atoms with Crippen LogP contribution in [0.5, 0.6) is 0 Å². The van der Waals surface area contributed by atoms with Gasteiger partial charge in [0.05, 0.1) is 0 Å². The molecular formula is C10H10ClN3S. The molecule has 15 heavy (non-hydrogen) atoms. The summed E-state index contributed by atoms with van der Waals surface area (Å²) in [4.78, 5) is 10.2. The van der Waals surface area contributed by atoms with Crippen LogP contribution in [0.3, 0.4) is 0 Å². The predicted molar refractivity (Wildman–Crippen MR) is 63.5 cm³/mol. The van der Waals surface area contributed by atoms with Crippen molar-refractivity contribution in [2.45, 2.75) is 6.54 Å². The summed E-state index contributed by atoms with van der Waals surface area (Å²) in [5, 5.41) is 4.61. The van der Waals surface area contributed by atoms with Crippen LogP contribution in [0.25, 0.3) is 0 Å². The van der Waals surface area contributed by atoms with Crippen molar-refractivity contribution in [1.82, 2.24) is 9.97 Å². The molecule has 0 N–H and O–H groups in total. The molecular weight excluding hydrogens is 230 g/mol. The fourth-order valence-electron chi connectivity index (χ4n) is 1.30. The monoisotopic (exact) mass is 239 g/mol. The SMILES string of the molecule is CN(Cc1ccsc1)c1nccnc1Cl. The van der Waals surface area contributed by atoms with Gasteiger partial charge < -0.3 is 4.90 Å². The highest BCUT2D eigenvalue weighted by atomic mass is 35.5. The van der Waals surface area contributed by atoms with Crippen LogP contribution >= 0.6 is 22.9 Å². The summed E-state index contributed by atoms with van der Waals surface area (Å²) in [7, 11) is 1.95. The number of halogens is 1. The highest BCUT2D eigenvalue weighted by molar-refractivity contribution is 7.07. The van der Waals surface area contributed by atoms with E-state index in [1.807, 2.05) is 11.9 Å². The first-order valence-corrected chi connectivity index (χ1v) is 5.78. The molecule has 0 spiro atoms.